The molecule has 1 aromatic carbocycles. The summed E-state index contributed by atoms with van der Waals surface area (Å²) in [5.74, 6) is -2.07. The molecule has 0 bridgehead atoms. The van der Waals surface area contributed by atoms with Crippen LogP contribution in [-0.4, -0.2) is 49.0 Å². The molecule has 29 heavy (non-hydrogen) atoms. The van der Waals surface area contributed by atoms with Gasteiger partial charge in [-0.15, -0.1) is 0 Å². The van der Waals surface area contributed by atoms with Crippen molar-refractivity contribution in [1.29, 1.82) is 0 Å². The van der Waals surface area contributed by atoms with Gasteiger partial charge in [0.1, 0.15) is 5.69 Å². The van der Waals surface area contributed by atoms with Crippen LogP contribution in [0.4, 0.5) is 5.69 Å². The van der Waals surface area contributed by atoms with Crippen LogP contribution in [0.25, 0.3) is 0 Å². The minimum Gasteiger partial charge on any atom is -0.461 e. The molecule has 0 unspecified atom stereocenters. The number of aryl methyl sites for hydroxylation is 1. The molecule has 0 saturated carbocycles. The van der Waals surface area contributed by atoms with Crippen LogP contribution in [0.5, 0.6) is 0 Å². The largest absolute Gasteiger partial charge is 0.461 e. The Kier molecular flexibility index (Phi) is 7.13. The number of carbonyl (C=O) groups is 4. The lowest BCUT2D eigenvalue weighted by Crippen LogP contribution is -2.21. The summed E-state index contributed by atoms with van der Waals surface area (Å²) in [5.41, 5.74) is 2.12. The fourth-order valence-corrected chi connectivity index (χ4v) is 2.71. The number of esters is 2. The Labute approximate surface area is 167 Å². The van der Waals surface area contributed by atoms with E-state index >= 15 is 0 Å². The molecule has 0 aliphatic carbocycles. The van der Waals surface area contributed by atoms with Crippen LogP contribution in [0.3, 0.4) is 0 Å². The van der Waals surface area contributed by atoms with Crippen molar-refractivity contribution in [2.45, 2.75) is 20.8 Å². The van der Waals surface area contributed by atoms with Gasteiger partial charge in [-0.05, 0) is 50.6 Å². The third-order valence-corrected chi connectivity index (χ3v) is 4.11. The summed E-state index contributed by atoms with van der Waals surface area (Å²) in [7, 11) is 1.52. The van der Waals surface area contributed by atoms with Gasteiger partial charge in [0, 0.05) is 24.0 Å². The summed E-state index contributed by atoms with van der Waals surface area (Å²) in [4.78, 5) is 50.6. The zero-order chi connectivity index (χ0) is 21.6. The second kappa shape index (κ2) is 9.54. The van der Waals surface area contributed by atoms with E-state index in [0.717, 1.165) is 0 Å². The predicted molar refractivity (Wildman–Crippen MR) is 105 cm³/mol. The average Bonchev–Trinajstić information content (AvgIpc) is 3.00. The fraction of sp³-hybridized carbons (Fsp3) is 0.300. The fourth-order valence-electron chi connectivity index (χ4n) is 2.71. The van der Waals surface area contributed by atoms with Crippen molar-refractivity contribution in [2.75, 3.05) is 25.6 Å². The van der Waals surface area contributed by atoms with E-state index in [9.17, 15) is 19.2 Å². The SMILES string of the molecule is CCOC(=O)c1[nH]c(C)c(C(=O)OCC(=O)Nc2ccc(C(=O)NC)cc2)c1C. The molecule has 0 aliphatic heterocycles. The molecule has 2 rings (SSSR count). The maximum absolute atomic E-state index is 12.4. The number of carbonyl (C=O) groups excluding carboxylic acids is 4. The van der Waals surface area contributed by atoms with Gasteiger partial charge in [0.2, 0.25) is 0 Å². The van der Waals surface area contributed by atoms with Crippen LogP contribution >= 0.6 is 0 Å². The quantitative estimate of drug-likeness (QED) is 0.609. The summed E-state index contributed by atoms with van der Waals surface area (Å²) in [6, 6.07) is 6.25. The van der Waals surface area contributed by atoms with Crippen LogP contribution in [0, 0.1) is 13.8 Å². The molecule has 0 radical (unpaired) electrons. The Morgan fingerprint density at radius 1 is 1.00 bits per heavy atom. The van der Waals surface area contributed by atoms with E-state index in [1.807, 2.05) is 0 Å². The van der Waals surface area contributed by atoms with E-state index in [1.165, 1.54) is 7.05 Å². The normalized spacial score (nSPS) is 10.2. The van der Waals surface area contributed by atoms with Gasteiger partial charge < -0.3 is 25.1 Å². The summed E-state index contributed by atoms with van der Waals surface area (Å²) in [5, 5.41) is 5.07. The Balaban J connectivity index is 1.97. The lowest BCUT2D eigenvalue weighted by Gasteiger charge is -2.08. The predicted octanol–water partition coefficient (Wildman–Crippen LogP) is 1.96. The molecule has 9 nitrogen and oxygen atoms in total. The first-order valence-corrected chi connectivity index (χ1v) is 8.93. The first-order chi connectivity index (χ1) is 13.8. The van der Waals surface area contributed by atoms with Crippen molar-refractivity contribution in [3.63, 3.8) is 0 Å². The molecular weight excluding hydrogens is 378 g/mol. The highest BCUT2D eigenvalue weighted by Crippen LogP contribution is 2.20. The van der Waals surface area contributed by atoms with E-state index in [4.69, 9.17) is 9.47 Å². The number of nitrogens with one attached hydrogen (secondary N) is 3. The lowest BCUT2D eigenvalue weighted by atomic mass is 10.1. The van der Waals surface area contributed by atoms with Crippen molar-refractivity contribution in [3.05, 3.63) is 52.3 Å². The van der Waals surface area contributed by atoms with Crippen LogP contribution in [0.2, 0.25) is 0 Å². The molecule has 1 aromatic heterocycles. The van der Waals surface area contributed by atoms with E-state index in [2.05, 4.69) is 15.6 Å². The third-order valence-electron chi connectivity index (χ3n) is 4.11. The molecule has 3 N–H and O–H groups in total. The number of benzene rings is 1. The molecule has 1 heterocycles. The summed E-state index contributed by atoms with van der Waals surface area (Å²) < 4.78 is 10.0. The Morgan fingerprint density at radius 2 is 1.66 bits per heavy atom. The monoisotopic (exact) mass is 401 g/mol. The standard InChI is InChI=1S/C20H23N3O6/c1-5-28-20(27)17-11(2)16(12(3)22-17)19(26)29-10-15(24)23-14-8-6-13(7-9-14)18(25)21-4/h6-9,22H,5,10H2,1-4H3,(H,21,25)(H,23,24). The molecule has 0 spiro atoms. The van der Waals surface area contributed by atoms with Crippen LogP contribution < -0.4 is 10.6 Å². The van der Waals surface area contributed by atoms with Crippen LogP contribution in [-0.2, 0) is 14.3 Å². The van der Waals surface area contributed by atoms with Crippen LogP contribution in [0.1, 0.15) is 49.4 Å². The molecule has 0 saturated heterocycles. The minimum absolute atomic E-state index is 0.178. The first kappa shape index (κ1) is 21.7. The number of anilines is 1. The molecule has 0 fully saturated rings. The molecule has 154 valence electrons. The van der Waals surface area contributed by atoms with Gasteiger partial charge in [-0.3, -0.25) is 9.59 Å². The second-order valence-electron chi connectivity index (χ2n) is 6.13. The summed E-state index contributed by atoms with van der Waals surface area (Å²) >= 11 is 0. The van der Waals surface area contributed by atoms with Gasteiger partial charge in [-0.1, -0.05) is 0 Å². The number of H-pyrrole nitrogens is 1. The smallest absolute Gasteiger partial charge is 0.355 e. The summed E-state index contributed by atoms with van der Waals surface area (Å²) in [6.07, 6.45) is 0. The maximum Gasteiger partial charge on any atom is 0.355 e. The molecular formula is C20H23N3O6. The Hall–Kier alpha value is -3.62. The van der Waals surface area contributed by atoms with Crippen molar-refractivity contribution in [1.82, 2.24) is 10.3 Å². The average molecular weight is 401 g/mol. The number of aromatic nitrogens is 1. The van der Waals surface area contributed by atoms with Crippen molar-refractivity contribution in [2.24, 2.45) is 0 Å². The number of aromatic amines is 1. The van der Waals surface area contributed by atoms with E-state index in [1.54, 1.807) is 45.0 Å². The highest BCUT2D eigenvalue weighted by Gasteiger charge is 2.24. The lowest BCUT2D eigenvalue weighted by molar-refractivity contribution is -0.119. The molecule has 2 aromatic rings. The van der Waals surface area contributed by atoms with E-state index in [0.29, 0.717) is 22.5 Å². The van der Waals surface area contributed by atoms with Crippen LogP contribution in [0.15, 0.2) is 24.3 Å². The van der Waals surface area contributed by atoms with Gasteiger partial charge in [0.25, 0.3) is 11.8 Å². The maximum atomic E-state index is 12.4. The van der Waals surface area contributed by atoms with Gasteiger partial charge in [0.05, 0.1) is 12.2 Å². The molecule has 9 heteroatoms. The van der Waals surface area contributed by atoms with Crippen molar-refractivity contribution in [3.8, 4) is 0 Å². The Morgan fingerprint density at radius 3 is 2.24 bits per heavy atom. The molecule has 0 aliphatic rings. The van der Waals surface area contributed by atoms with Gasteiger partial charge in [-0.2, -0.15) is 0 Å². The number of ether oxygens (including phenoxy) is 2. The number of amides is 2. The number of hydrogen-bond donors (Lipinski definition) is 3. The van der Waals surface area contributed by atoms with Gasteiger partial charge in [0.15, 0.2) is 6.61 Å². The van der Waals surface area contributed by atoms with Gasteiger partial charge in [-0.25, -0.2) is 9.59 Å². The van der Waals surface area contributed by atoms with E-state index < -0.39 is 24.5 Å². The van der Waals surface area contributed by atoms with Crippen molar-refractivity contribution >= 4 is 29.4 Å². The zero-order valence-corrected chi connectivity index (χ0v) is 16.7. The first-order valence-electron chi connectivity index (χ1n) is 8.93. The number of hydrogen-bond acceptors (Lipinski definition) is 6. The molecule has 2 amide bonds. The minimum atomic E-state index is -0.725. The van der Waals surface area contributed by atoms with Crippen molar-refractivity contribution < 1.29 is 28.7 Å². The Bertz CT molecular complexity index is 930. The second-order valence-corrected chi connectivity index (χ2v) is 6.13. The topological polar surface area (TPSA) is 127 Å². The van der Waals surface area contributed by atoms with E-state index in [-0.39, 0.29) is 23.8 Å². The molecule has 0 atom stereocenters. The summed E-state index contributed by atoms with van der Waals surface area (Å²) in [6.45, 7) is 4.61. The zero-order valence-electron chi connectivity index (χ0n) is 16.7. The van der Waals surface area contributed by atoms with Gasteiger partial charge >= 0.3 is 11.9 Å². The number of rotatable bonds is 7. The highest BCUT2D eigenvalue weighted by molar-refractivity contribution is 6.00. The third kappa shape index (κ3) is 5.22. The highest BCUT2D eigenvalue weighted by atomic mass is 16.5.